The molecular formula is C16H24N2O. The van der Waals surface area contributed by atoms with E-state index < -0.39 is 0 Å². The molecule has 3 rings (SSSR count). The first-order chi connectivity index (χ1) is 9.35. The molecule has 0 radical (unpaired) electrons. The number of hydrogen-bond donors (Lipinski definition) is 1. The molecule has 3 heteroatoms. The van der Waals surface area contributed by atoms with E-state index in [-0.39, 0.29) is 0 Å². The highest BCUT2D eigenvalue weighted by atomic mass is 16.5. The monoisotopic (exact) mass is 260 g/mol. The van der Waals surface area contributed by atoms with Gasteiger partial charge in [0.05, 0.1) is 6.61 Å². The van der Waals surface area contributed by atoms with Crippen LogP contribution in [0.3, 0.4) is 0 Å². The van der Waals surface area contributed by atoms with E-state index in [0.29, 0.717) is 6.61 Å². The Labute approximate surface area is 115 Å². The van der Waals surface area contributed by atoms with Crippen LogP contribution in [-0.4, -0.2) is 38.2 Å². The van der Waals surface area contributed by atoms with Gasteiger partial charge < -0.3 is 10.1 Å². The third-order valence-electron chi connectivity index (χ3n) is 4.50. The zero-order valence-corrected chi connectivity index (χ0v) is 11.8. The van der Waals surface area contributed by atoms with Gasteiger partial charge in [-0.05, 0) is 49.0 Å². The molecule has 0 saturated carbocycles. The number of hydrogen-bond acceptors (Lipinski definition) is 3. The molecule has 1 aromatic rings. The summed E-state index contributed by atoms with van der Waals surface area (Å²) in [6.07, 6.45) is 1.36. The first-order valence-electron chi connectivity index (χ1n) is 7.35. The summed E-state index contributed by atoms with van der Waals surface area (Å²) in [5.74, 6) is 1.80. The van der Waals surface area contributed by atoms with Crippen LogP contribution in [0.4, 0.5) is 0 Å². The van der Waals surface area contributed by atoms with Gasteiger partial charge in [0.2, 0.25) is 0 Å². The zero-order valence-electron chi connectivity index (χ0n) is 11.8. The van der Waals surface area contributed by atoms with Crippen molar-refractivity contribution in [1.82, 2.24) is 10.2 Å². The van der Waals surface area contributed by atoms with Gasteiger partial charge >= 0.3 is 0 Å². The highest BCUT2D eigenvalue weighted by Gasteiger charge is 2.32. The molecule has 0 aromatic heterocycles. The summed E-state index contributed by atoms with van der Waals surface area (Å²) in [6, 6.07) is 8.80. The van der Waals surface area contributed by atoms with Crippen LogP contribution in [0.15, 0.2) is 24.3 Å². The quantitative estimate of drug-likeness (QED) is 0.894. The van der Waals surface area contributed by atoms with E-state index >= 15 is 0 Å². The molecule has 104 valence electrons. The maximum atomic E-state index is 5.21. The summed E-state index contributed by atoms with van der Waals surface area (Å²) in [6.45, 7) is 6.75. The minimum atomic E-state index is 0.711. The van der Waals surface area contributed by atoms with Crippen LogP contribution in [0.5, 0.6) is 0 Å². The normalized spacial score (nSPS) is 27.4. The zero-order chi connectivity index (χ0) is 13.1. The van der Waals surface area contributed by atoms with Gasteiger partial charge in [0.25, 0.3) is 0 Å². The van der Waals surface area contributed by atoms with Crippen LogP contribution in [-0.2, 0) is 17.9 Å². The smallest absolute Gasteiger partial charge is 0.0713 e. The lowest BCUT2D eigenvalue weighted by molar-refractivity contribution is 0.142. The summed E-state index contributed by atoms with van der Waals surface area (Å²) < 4.78 is 5.21. The Bertz CT molecular complexity index is 421. The highest BCUT2D eigenvalue weighted by Crippen LogP contribution is 2.27. The number of methoxy groups -OCH3 is 1. The van der Waals surface area contributed by atoms with Gasteiger partial charge in [0, 0.05) is 20.2 Å². The van der Waals surface area contributed by atoms with E-state index in [9.17, 15) is 0 Å². The van der Waals surface area contributed by atoms with Crippen LogP contribution < -0.4 is 5.32 Å². The molecule has 2 unspecified atom stereocenters. The molecule has 2 heterocycles. The SMILES string of the molecule is COCc1cccc(CN2CCC3CNCC3C2)c1. The predicted octanol–water partition coefficient (Wildman–Crippen LogP) is 1.87. The van der Waals surface area contributed by atoms with Gasteiger partial charge in [-0.25, -0.2) is 0 Å². The molecule has 2 aliphatic rings. The largest absolute Gasteiger partial charge is 0.380 e. The Morgan fingerprint density at radius 3 is 3.00 bits per heavy atom. The molecule has 1 N–H and O–H groups in total. The molecule has 1 aromatic carbocycles. The van der Waals surface area contributed by atoms with Crippen LogP contribution in [0.1, 0.15) is 17.5 Å². The van der Waals surface area contributed by atoms with Gasteiger partial charge in [-0.1, -0.05) is 24.3 Å². The van der Waals surface area contributed by atoms with Crippen molar-refractivity contribution >= 4 is 0 Å². The fourth-order valence-electron chi connectivity index (χ4n) is 3.50. The summed E-state index contributed by atoms with van der Waals surface area (Å²) in [7, 11) is 1.75. The number of likely N-dealkylation sites (tertiary alicyclic amines) is 1. The van der Waals surface area contributed by atoms with Crippen molar-refractivity contribution in [3.63, 3.8) is 0 Å². The lowest BCUT2D eigenvalue weighted by atomic mass is 9.88. The van der Waals surface area contributed by atoms with Gasteiger partial charge in [-0.3, -0.25) is 4.90 Å². The molecule has 2 atom stereocenters. The number of ether oxygens (including phenoxy) is 1. The molecule has 2 fully saturated rings. The topological polar surface area (TPSA) is 24.5 Å². The second-order valence-electron chi connectivity index (χ2n) is 5.96. The lowest BCUT2D eigenvalue weighted by Gasteiger charge is -2.34. The molecule has 0 amide bonds. The molecule has 2 saturated heterocycles. The molecule has 2 aliphatic heterocycles. The fraction of sp³-hybridized carbons (Fsp3) is 0.625. The van der Waals surface area contributed by atoms with E-state index in [1.807, 2.05) is 0 Å². The van der Waals surface area contributed by atoms with Gasteiger partial charge in [-0.15, -0.1) is 0 Å². The Balaban J connectivity index is 1.60. The molecule has 3 nitrogen and oxygen atoms in total. The molecule has 0 aliphatic carbocycles. The number of piperidine rings is 1. The minimum Gasteiger partial charge on any atom is -0.380 e. The summed E-state index contributed by atoms with van der Waals surface area (Å²) in [4.78, 5) is 2.61. The van der Waals surface area contributed by atoms with E-state index in [1.54, 1.807) is 7.11 Å². The van der Waals surface area contributed by atoms with Crippen LogP contribution >= 0.6 is 0 Å². The third kappa shape index (κ3) is 3.16. The van der Waals surface area contributed by atoms with E-state index in [1.165, 1.54) is 43.7 Å². The summed E-state index contributed by atoms with van der Waals surface area (Å²) in [5.41, 5.74) is 2.69. The lowest BCUT2D eigenvalue weighted by Crippen LogP contribution is -2.39. The van der Waals surface area contributed by atoms with Crippen molar-refractivity contribution in [2.75, 3.05) is 33.3 Å². The number of rotatable bonds is 4. The Hall–Kier alpha value is -0.900. The number of benzene rings is 1. The second-order valence-corrected chi connectivity index (χ2v) is 5.96. The van der Waals surface area contributed by atoms with E-state index in [0.717, 1.165) is 18.4 Å². The fourth-order valence-corrected chi connectivity index (χ4v) is 3.50. The van der Waals surface area contributed by atoms with Crippen molar-refractivity contribution in [3.05, 3.63) is 35.4 Å². The van der Waals surface area contributed by atoms with Crippen LogP contribution in [0.2, 0.25) is 0 Å². The maximum Gasteiger partial charge on any atom is 0.0713 e. The Morgan fingerprint density at radius 2 is 2.11 bits per heavy atom. The number of fused-ring (bicyclic) bond motifs is 1. The van der Waals surface area contributed by atoms with Gasteiger partial charge in [0.1, 0.15) is 0 Å². The van der Waals surface area contributed by atoms with Gasteiger partial charge in [-0.2, -0.15) is 0 Å². The third-order valence-corrected chi connectivity index (χ3v) is 4.50. The second kappa shape index (κ2) is 6.04. The molecule has 19 heavy (non-hydrogen) atoms. The average molecular weight is 260 g/mol. The van der Waals surface area contributed by atoms with E-state index in [2.05, 4.69) is 34.5 Å². The standard InChI is InChI=1S/C16H24N2O/c1-19-12-14-4-2-3-13(7-14)10-18-6-5-15-8-17-9-16(15)11-18/h2-4,7,15-17H,5-6,8-12H2,1H3. The van der Waals surface area contributed by atoms with Crippen molar-refractivity contribution < 1.29 is 4.74 Å². The molecular weight excluding hydrogens is 236 g/mol. The summed E-state index contributed by atoms with van der Waals surface area (Å²) in [5, 5.41) is 3.53. The average Bonchev–Trinajstić information content (AvgIpc) is 2.87. The van der Waals surface area contributed by atoms with Crippen molar-refractivity contribution in [3.8, 4) is 0 Å². The van der Waals surface area contributed by atoms with Crippen LogP contribution in [0, 0.1) is 11.8 Å². The van der Waals surface area contributed by atoms with Crippen LogP contribution in [0.25, 0.3) is 0 Å². The molecule has 0 spiro atoms. The number of nitrogens with one attached hydrogen (secondary N) is 1. The predicted molar refractivity (Wildman–Crippen MR) is 76.9 cm³/mol. The van der Waals surface area contributed by atoms with Crippen molar-refractivity contribution in [1.29, 1.82) is 0 Å². The number of nitrogens with zero attached hydrogens (tertiary/aromatic N) is 1. The van der Waals surface area contributed by atoms with E-state index in [4.69, 9.17) is 4.74 Å². The maximum absolute atomic E-state index is 5.21. The van der Waals surface area contributed by atoms with Crippen molar-refractivity contribution in [2.45, 2.75) is 19.6 Å². The van der Waals surface area contributed by atoms with Gasteiger partial charge in [0.15, 0.2) is 0 Å². The Morgan fingerprint density at radius 1 is 1.26 bits per heavy atom. The Kier molecular flexibility index (Phi) is 4.16. The molecule has 0 bridgehead atoms. The first kappa shape index (κ1) is 13.1. The summed E-state index contributed by atoms with van der Waals surface area (Å²) >= 11 is 0. The first-order valence-corrected chi connectivity index (χ1v) is 7.35. The minimum absolute atomic E-state index is 0.711. The highest BCUT2D eigenvalue weighted by molar-refractivity contribution is 5.23. The van der Waals surface area contributed by atoms with Crippen molar-refractivity contribution in [2.24, 2.45) is 11.8 Å².